The summed E-state index contributed by atoms with van der Waals surface area (Å²) in [6.07, 6.45) is 4.90. The van der Waals surface area contributed by atoms with Crippen molar-refractivity contribution < 1.29 is 14.8 Å². The van der Waals surface area contributed by atoms with E-state index in [0.717, 1.165) is 6.42 Å². The largest absolute Gasteiger partial charge is 0.278 e. The van der Waals surface area contributed by atoms with Crippen molar-refractivity contribution in [2.45, 2.75) is 6.42 Å². The number of rotatable bonds is 0. The number of imide groups is 1. The Morgan fingerprint density at radius 3 is 2.08 bits per heavy atom. The highest BCUT2D eigenvalue weighted by molar-refractivity contribution is 6.05. The molecule has 1 N–H and O–H groups in total. The van der Waals surface area contributed by atoms with E-state index < -0.39 is 11.8 Å². The van der Waals surface area contributed by atoms with Crippen molar-refractivity contribution >= 4 is 11.8 Å². The van der Waals surface area contributed by atoms with Crippen molar-refractivity contribution in [2.75, 3.05) is 0 Å². The molecule has 0 spiro atoms. The quantitative estimate of drug-likeness (QED) is 0.328. The van der Waals surface area contributed by atoms with Gasteiger partial charge in [-0.3, -0.25) is 14.8 Å². The summed E-state index contributed by atoms with van der Waals surface area (Å²) in [4.78, 5) is 22.8. The van der Waals surface area contributed by atoms with Crippen LogP contribution in [-0.2, 0) is 9.59 Å². The van der Waals surface area contributed by atoms with Gasteiger partial charge in [0.1, 0.15) is 0 Å². The molecule has 0 aromatic heterocycles. The molecule has 4 atom stereocenters. The van der Waals surface area contributed by atoms with E-state index >= 15 is 0 Å². The summed E-state index contributed by atoms with van der Waals surface area (Å²) < 4.78 is 0. The summed E-state index contributed by atoms with van der Waals surface area (Å²) in [7, 11) is 0. The van der Waals surface area contributed by atoms with Gasteiger partial charge in [-0.25, -0.2) is 0 Å². The zero-order valence-corrected chi connectivity index (χ0v) is 6.88. The molecule has 0 aromatic carbocycles. The summed E-state index contributed by atoms with van der Waals surface area (Å²) in [6.45, 7) is 0. The summed E-state index contributed by atoms with van der Waals surface area (Å²) in [6, 6.07) is 0. The number of hydrogen-bond acceptors (Lipinski definition) is 3. The molecule has 1 aliphatic heterocycles. The number of fused-ring (bicyclic) bond motifs is 5. The predicted octanol–water partition coefficient (Wildman–Crippen LogP) is 0.183. The van der Waals surface area contributed by atoms with Crippen LogP contribution in [0.4, 0.5) is 0 Å². The monoisotopic (exact) mass is 179 g/mol. The minimum absolute atomic E-state index is 0.184. The first-order chi connectivity index (χ1) is 6.20. The summed E-state index contributed by atoms with van der Waals surface area (Å²) in [5.41, 5.74) is 0. The van der Waals surface area contributed by atoms with Gasteiger partial charge in [-0.2, -0.15) is 5.06 Å². The fourth-order valence-electron chi connectivity index (χ4n) is 2.89. The number of hydrogen-bond donors (Lipinski definition) is 1. The summed E-state index contributed by atoms with van der Waals surface area (Å²) in [5, 5.41) is 9.45. The van der Waals surface area contributed by atoms with Gasteiger partial charge in [0.2, 0.25) is 0 Å². The predicted molar refractivity (Wildman–Crippen MR) is 41.4 cm³/mol. The Morgan fingerprint density at radius 2 is 1.62 bits per heavy atom. The van der Waals surface area contributed by atoms with Gasteiger partial charge in [0.25, 0.3) is 11.8 Å². The van der Waals surface area contributed by atoms with Crippen LogP contribution in [-0.4, -0.2) is 22.1 Å². The van der Waals surface area contributed by atoms with Crippen molar-refractivity contribution in [3.05, 3.63) is 12.2 Å². The van der Waals surface area contributed by atoms with E-state index in [1.807, 2.05) is 12.2 Å². The molecule has 4 nitrogen and oxygen atoms in total. The van der Waals surface area contributed by atoms with Crippen LogP contribution < -0.4 is 0 Å². The van der Waals surface area contributed by atoms with E-state index in [2.05, 4.69) is 0 Å². The lowest BCUT2D eigenvalue weighted by Crippen LogP contribution is -2.29. The van der Waals surface area contributed by atoms with Crippen LogP contribution in [0, 0.1) is 23.7 Å². The molecule has 68 valence electrons. The van der Waals surface area contributed by atoms with Crippen LogP contribution in [0.3, 0.4) is 0 Å². The third-order valence-electron chi connectivity index (χ3n) is 3.45. The lowest BCUT2D eigenvalue weighted by Gasteiger charge is -2.13. The van der Waals surface area contributed by atoms with E-state index in [1.54, 1.807) is 0 Å². The van der Waals surface area contributed by atoms with Crippen LogP contribution in [0.25, 0.3) is 0 Å². The highest BCUT2D eigenvalue weighted by atomic mass is 16.5. The smallest absolute Gasteiger partial charge is 0.257 e. The number of allylic oxidation sites excluding steroid dienone is 2. The number of hydroxylamine groups is 2. The molecule has 2 fully saturated rings. The van der Waals surface area contributed by atoms with Crippen molar-refractivity contribution in [1.29, 1.82) is 0 Å². The average Bonchev–Trinajstić information content (AvgIpc) is 2.76. The highest BCUT2D eigenvalue weighted by Crippen LogP contribution is 2.51. The van der Waals surface area contributed by atoms with Gasteiger partial charge < -0.3 is 0 Å². The lowest BCUT2D eigenvalue weighted by molar-refractivity contribution is -0.173. The molecule has 1 heterocycles. The van der Waals surface area contributed by atoms with E-state index in [0.29, 0.717) is 5.06 Å². The molecule has 2 bridgehead atoms. The number of carbonyl (C=O) groups excluding carboxylic acids is 2. The third kappa shape index (κ3) is 0.659. The molecule has 0 aromatic rings. The maximum atomic E-state index is 11.4. The summed E-state index contributed by atoms with van der Waals surface area (Å²) in [5.74, 6) is -0.995. The van der Waals surface area contributed by atoms with Crippen molar-refractivity contribution in [3.63, 3.8) is 0 Å². The highest BCUT2D eigenvalue weighted by Gasteiger charge is 2.59. The van der Waals surface area contributed by atoms with Gasteiger partial charge in [0, 0.05) is 0 Å². The SMILES string of the molecule is O=C1[C@H]2[C@H](C(=O)N1O)[C@H]1C=C[C@@H]2C1. The Bertz CT molecular complexity index is 306. The minimum Gasteiger partial charge on any atom is -0.278 e. The van der Waals surface area contributed by atoms with E-state index in [-0.39, 0.29) is 23.7 Å². The van der Waals surface area contributed by atoms with Crippen LogP contribution in [0.2, 0.25) is 0 Å². The Hall–Kier alpha value is -1.16. The molecule has 4 heteroatoms. The van der Waals surface area contributed by atoms with E-state index in [9.17, 15) is 9.59 Å². The second-order valence-corrected chi connectivity index (χ2v) is 3.99. The van der Waals surface area contributed by atoms with Gasteiger partial charge in [0.15, 0.2) is 0 Å². The first-order valence-electron chi connectivity index (χ1n) is 4.45. The number of carbonyl (C=O) groups is 2. The maximum Gasteiger partial charge on any atom is 0.257 e. The Morgan fingerprint density at radius 1 is 1.15 bits per heavy atom. The maximum absolute atomic E-state index is 11.4. The zero-order chi connectivity index (χ0) is 9.16. The zero-order valence-electron chi connectivity index (χ0n) is 6.88. The molecule has 3 rings (SSSR count). The van der Waals surface area contributed by atoms with Gasteiger partial charge >= 0.3 is 0 Å². The Kier molecular flexibility index (Phi) is 1.12. The minimum atomic E-state index is -0.410. The van der Waals surface area contributed by atoms with Crippen LogP contribution >= 0.6 is 0 Å². The second-order valence-electron chi connectivity index (χ2n) is 3.99. The second kappa shape index (κ2) is 2.01. The Labute approximate surface area is 74.8 Å². The molecule has 0 radical (unpaired) electrons. The third-order valence-corrected chi connectivity index (χ3v) is 3.45. The van der Waals surface area contributed by atoms with Crippen LogP contribution in [0.1, 0.15) is 6.42 Å². The number of amides is 2. The van der Waals surface area contributed by atoms with Crippen LogP contribution in [0.5, 0.6) is 0 Å². The van der Waals surface area contributed by atoms with Gasteiger partial charge in [-0.05, 0) is 18.3 Å². The van der Waals surface area contributed by atoms with Gasteiger partial charge in [-0.1, -0.05) is 12.2 Å². The topological polar surface area (TPSA) is 57.6 Å². The molecule has 2 amide bonds. The lowest BCUT2D eigenvalue weighted by atomic mass is 9.85. The van der Waals surface area contributed by atoms with Crippen LogP contribution in [0.15, 0.2) is 12.2 Å². The first kappa shape index (κ1) is 7.26. The molecule has 0 unspecified atom stereocenters. The van der Waals surface area contributed by atoms with Crippen molar-refractivity contribution in [1.82, 2.24) is 5.06 Å². The van der Waals surface area contributed by atoms with Crippen molar-refractivity contribution in [3.8, 4) is 0 Å². The number of nitrogens with zero attached hydrogens (tertiary/aromatic N) is 1. The fraction of sp³-hybridized carbons (Fsp3) is 0.556. The van der Waals surface area contributed by atoms with E-state index in [1.165, 1.54) is 0 Å². The van der Waals surface area contributed by atoms with Crippen molar-refractivity contribution in [2.24, 2.45) is 23.7 Å². The first-order valence-corrected chi connectivity index (χ1v) is 4.45. The Balaban J connectivity index is 2.08. The normalized spacial score (nSPS) is 46.4. The van der Waals surface area contributed by atoms with Gasteiger partial charge in [-0.15, -0.1) is 0 Å². The van der Waals surface area contributed by atoms with E-state index in [4.69, 9.17) is 5.21 Å². The standard InChI is InChI=1S/C9H9NO3/c11-8-6-4-1-2-5(3-4)7(6)9(12)10(8)13/h1-2,4-7,13H,3H2/t4-,5+,6-,7-/m1/s1. The molecular formula is C9H9NO3. The molecule has 1 saturated heterocycles. The molecule has 1 saturated carbocycles. The molecule has 13 heavy (non-hydrogen) atoms. The molecular weight excluding hydrogens is 170 g/mol. The molecule has 3 aliphatic rings. The summed E-state index contributed by atoms with van der Waals surface area (Å²) >= 11 is 0. The fourth-order valence-corrected chi connectivity index (χ4v) is 2.89. The van der Waals surface area contributed by atoms with Gasteiger partial charge in [0.05, 0.1) is 11.8 Å². The molecule has 2 aliphatic carbocycles. The average molecular weight is 179 g/mol.